The highest BCUT2D eigenvalue weighted by Crippen LogP contribution is 2.28. The molecule has 0 aliphatic carbocycles. The summed E-state index contributed by atoms with van der Waals surface area (Å²) >= 11 is 0. The van der Waals surface area contributed by atoms with Gasteiger partial charge in [-0.2, -0.15) is 5.26 Å². The van der Waals surface area contributed by atoms with Crippen molar-refractivity contribution in [1.82, 2.24) is 9.88 Å². The molecule has 82 valence electrons. The average molecular weight is 213 g/mol. The van der Waals surface area contributed by atoms with Crippen molar-refractivity contribution in [2.45, 2.75) is 12.5 Å². The molecule has 0 aliphatic heterocycles. The predicted molar refractivity (Wildman–Crippen MR) is 65.0 cm³/mol. The minimum atomic E-state index is 0.154. The maximum atomic E-state index is 8.87. The summed E-state index contributed by atoms with van der Waals surface area (Å²) in [5.74, 6) is 0. The number of nitriles is 1. The molecule has 1 aromatic carbocycles. The first-order valence-corrected chi connectivity index (χ1v) is 5.33. The summed E-state index contributed by atoms with van der Waals surface area (Å²) in [4.78, 5) is 5.33. The van der Waals surface area contributed by atoms with E-state index < -0.39 is 0 Å². The van der Waals surface area contributed by atoms with Gasteiger partial charge in [-0.1, -0.05) is 18.2 Å². The van der Waals surface area contributed by atoms with Gasteiger partial charge in [0, 0.05) is 23.1 Å². The van der Waals surface area contributed by atoms with Crippen molar-refractivity contribution < 1.29 is 0 Å². The second-order valence-electron chi connectivity index (χ2n) is 4.13. The van der Waals surface area contributed by atoms with Crippen LogP contribution in [0.25, 0.3) is 10.9 Å². The van der Waals surface area contributed by atoms with Gasteiger partial charge >= 0.3 is 0 Å². The van der Waals surface area contributed by atoms with Crippen molar-refractivity contribution in [2.24, 2.45) is 0 Å². The topological polar surface area (TPSA) is 42.8 Å². The van der Waals surface area contributed by atoms with Gasteiger partial charge in [-0.05, 0) is 25.7 Å². The van der Waals surface area contributed by atoms with E-state index in [1.807, 2.05) is 32.4 Å². The Bertz CT molecular complexity index is 519. The SMILES string of the molecule is CN(C)C(CC#N)c1c[nH]c2ccccc12. The molecule has 1 atom stereocenters. The summed E-state index contributed by atoms with van der Waals surface area (Å²) in [6.45, 7) is 0. The second kappa shape index (κ2) is 4.38. The van der Waals surface area contributed by atoms with Crippen LogP contribution in [0.15, 0.2) is 30.5 Å². The molecule has 0 saturated heterocycles. The van der Waals surface area contributed by atoms with Gasteiger partial charge in [0.05, 0.1) is 12.5 Å². The summed E-state index contributed by atoms with van der Waals surface area (Å²) in [5.41, 5.74) is 2.32. The molecule has 0 bridgehead atoms. The van der Waals surface area contributed by atoms with Crippen LogP contribution in [0.1, 0.15) is 18.0 Å². The van der Waals surface area contributed by atoms with Crippen LogP contribution < -0.4 is 0 Å². The number of rotatable bonds is 3. The Labute approximate surface area is 95.3 Å². The van der Waals surface area contributed by atoms with Crippen LogP contribution in [0, 0.1) is 11.3 Å². The Morgan fingerprint density at radius 1 is 1.38 bits per heavy atom. The van der Waals surface area contributed by atoms with Gasteiger partial charge in [-0.25, -0.2) is 0 Å². The van der Waals surface area contributed by atoms with E-state index in [1.54, 1.807) is 0 Å². The lowest BCUT2D eigenvalue weighted by molar-refractivity contribution is 0.305. The molecule has 2 rings (SSSR count). The van der Waals surface area contributed by atoms with Crippen LogP contribution in [-0.4, -0.2) is 24.0 Å². The van der Waals surface area contributed by atoms with E-state index in [-0.39, 0.29) is 6.04 Å². The molecule has 3 nitrogen and oxygen atoms in total. The number of H-pyrrole nitrogens is 1. The molecule has 2 aromatic rings. The van der Waals surface area contributed by atoms with Crippen LogP contribution in [0.4, 0.5) is 0 Å². The number of hydrogen-bond acceptors (Lipinski definition) is 2. The van der Waals surface area contributed by atoms with E-state index in [0.29, 0.717) is 6.42 Å². The van der Waals surface area contributed by atoms with Crippen LogP contribution in [0.3, 0.4) is 0 Å². The molecular weight excluding hydrogens is 198 g/mol. The Morgan fingerprint density at radius 2 is 2.12 bits per heavy atom. The number of nitrogens with zero attached hydrogens (tertiary/aromatic N) is 2. The third-order valence-electron chi connectivity index (χ3n) is 2.89. The zero-order valence-electron chi connectivity index (χ0n) is 9.57. The van der Waals surface area contributed by atoms with E-state index in [2.05, 4.69) is 28.1 Å². The summed E-state index contributed by atoms with van der Waals surface area (Å²) in [5, 5.41) is 10.1. The minimum Gasteiger partial charge on any atom is -0.361 e. The van der Waals surface area contributed by atoms with E-state index >= 15 is 0 Å². The van der Waals surface area contributed by atoms with Crippen LogP contribution in [0.5, 0.6) is 0 Å². The number of aromatic nitrogens is 1. The van der Waals surface area contributed by atoms with Crippen molar-refractivity contribution in [3.63, 3.8) is 0 Å². The van der Waals surface area contributed by atoms with Gasteiger partial charge in [0.15, 0.2) is 0 Å². The first-order chi connectivity index (χ1) is 7.74. The van der Waals surface area contributed by atoms with Crippen molar-refractivity contribution in [2.75, 3.05) is 14.1 Å². The zero-order valence-corrected chi connectivity index (χ0v) is 9.57. The number of nitrogens with one attached hydrogen (secondary N) is 1. The maximum Gasteiger partial charge on any atom is 0.0641 e. The molecule has 0 radical (unpaired) electrons. The Balaban J connectivity index is 2.49. The fourth-order valence-electron chi connectivity index (χ4n) is 2.03. The van der Waals surface area contributed by atoms with E-state index in [0.717, 1.165) is 5.52 Å². The summed E-state index contributed by atoms with van der Waals surface area (Å²) in [7, 11) is 4.01. The third kappa shape index (κ3) is 1.80. The lowest BCUT2D eigenvalue weighted by atomic mass is 10.0. The molecule has 1 aromatic heterocycles. The molecule has 16 heavy (non-hydrogen) atoms. The normalized spacial score (nSPS) is 12.9. The van der Waals surface area contributed by atoms with Gasteiger partial charge in [-0.3, -0.25) is 0 Å². The molecule has 0 spiro atoms. The minimum absolute atomic E-state index is 0.154. The van der Waals surface area contributed by atoms with Crippen LogP contribution in [-0.2, 0) is 0 Å². The molecule has 1 heterocycles. The summed E-state index contributed by atoms with van der Waals surface area (Å²) in [6, 6.07) is 10.6. The fourth-order valence-corrected chi connectivity index (χ4v) is 2.03. The smallest absolute Gasteiger partial charge is 0.0641 e. The van der Waals surface area contributed by atoms with Crippen molar-refractivity contribution in [3.05, 3.63) is 36.0 Å². The predicted octanol–water partition coefficient (Wildman–Crippen LogP) is 2.68. The van der Waals surface area contributed by atoms with Gasteiger partial charge in [0.2, 0.25) is 0 Å². The quantitative estimate of drug-likeness (QED) is 0.851. The van der Waals surface area contributed by atoms with E-state index in [9.17, 15) is 0 Å². The second-order valence-corrected chi connectivity index (χ2v) is 4.13. The largest absolute Gasteiger partial charge is 0.361 e. The Kier molecular flexibility index (Phi) is 2.93. The number of aromatic amines is 1. The van der Waals surface area contributed by atoms with Crippen LogP contribution in [0.2, 0.25) is 0 Å². The number of hydrogen-bond donors (Lipinski definition) is 1. The van der Waals surface area contributed by atoms with Gasteiger partial charge in [-0.15, -0.1) is 0 Å². The fraction of sp³-hybridized carbons (Fsp3) is 0.308. The molecule has 0 saturated carbocycles. The van der Waals surface area contributed by atoms with E-state index in [1.165, 1.54) is 10.9 Å². The highest BCUT2D eigenvalue weighted by molar-refractivity contribution is 5.83. The van der Waals surface area contributed by atoms with Crippen molar-refractivity contribution in [1.29, 1.82) is 5.26 Å². The maximum absolute atomic E-state index is 8.87. The summed E-state index contributed by atoms with van der Waals surface area (Å²) < 4.78 is 0. The van der Waals surface area contributed by atoms with Crippen molar-refractivity contribution >= 4 is 10.9 Å². The molecule has 0 aliphatic rings. The highest BCUT2D eigenvalue weighted by atomic mass is 15.1. The van der Waals surface area contributed by atoms with Gasteiger partial charge < -0.3 is 9.88 Å². The highest BCUT2D eigenvalue weighted by Gasteiger charge is 2.17. The molecular formula is C13H15N3. The first-order valence-electron chi connectivity index (χ1n) is 5.33. The van der Waals surface area contributed by atoms with Gasteiger partial charge in [0.1, 0.15) is 0 Å². The Morgan fingerprint density at radius 3 is 2.81 bits per heavy atom. The average Bonchev–Trinajstić information content (AvgIpc) is 2.69. The van der Waals surface area contributed by atoms with Crippen molar-refractivity contribution in [3.8, 4) is 6.07 Å². The number of benzene rings is 1. The molecule has 1 unspecified atom stereocenters. The molecule has 0 amide bonds. The Hall–Kier alpha value is -1.79. The van der Waals surface area contributed by atoms with Gasteiger partial charge in [0.25, 0.3) is 0 Å². The molecule has 3 heteroatoms. The summed E-state index contributed by atoms with van der Waals surface area (Å²) in [6.07, 6.45) is 2.52. The number of fused-ring (bicyclic) bond motifs is 1. The number of para-hydroxylation sites is 1. The van der Waals surface area contributed by atoms with Crippen LogP contribution >= 0.6 is 0 Å². The molecule has 1 N–H and O–H groups in total. The molecule has 0 fully saturated rings. The standard InChI is InChI=1S/C13H15N3/c1-16(2)13(7-8-14)11-9-15-12-6-4-3-5-10(11)12/h3-6,9,13,15H,7H2,1-2H3. The van der Waals surface area contributed by atoms with E-state index in [4.69, 9.17) is 5.26 Å². The lowest BCUT2D eigenvalue weighted by Gasteiger charge is -2.21. The monoisotopic (exact) mass is 213 g/mol. The third-order valence-corrected chi connectivity index (χ3v) is 2.89. The first kappa shape index (κ1) is 10.7. The lowest BCUT2D eigenvalue weighted by Crippen LogP contribution is -2.19. The zero-order chi connectivity index (χ0) is 11.5.